The Morgan fingerprint density at radius 3 is 2.42 bits per heavy atom. The first-order valence-corrected chi connectivity index (χ1v) is 8.71. The molecule has 146 valence electrons. The molecule has 0 aromatic rings. The molecule has 0 radical (unpaired) electrons. The van der Waals surface area contributed by atoms with Crippen molar-refractivity contribution in [2.45, 2.75) is 64.7 Å². The number of oxime groups is 1. The maximum absolute atomic E-state index is 12.6. The van der Waals surface area contributed by atoms with E-state index < -0.39 is 41.2 Å². The van der Waals surface area contributed by atoms with Crippen LogP contribution in [0.2, 0.25) is 0 Å². The second kappa shape index (κ2) is 7.51. The van der Waals surface area contributed by atoms with E-state index in [1.54, 1.807) is 34.6 Å². The summed E-state index contributed by atoms with van der Waals surface area (Å²) in [5.41, 5.74) is -1.95. The van der Waals surface area contributed by atoms with Crippen LogP contribution < -0.4 is 5.32 Å². The number of hydrogen-bond donors (Lipinski definition) is 1. The molecule has 1 saturated carbocycles. The summed E-state index contributed by atoms with van der Waals surface area (Å²) in [5, 5.41) is 6.43. The molecule has 9 nitrogen and oxygen atoms in total. The monoisotopic (exact) mass is 370 g/mol. The highest BCUT2D eigenvalue weighted by Gasteiger charge is 2.58. The van der Waals surface area contributed by atoms with Crippen molar-refractivity contribution >= 4 is 23.7 Å². The molecular weight excluding hydrogens is 344 g/mol. The van der Waals surface area contributed by atoms with Crippen LogP contribution in [-0.2, 0) is 28.6 Å². The van der Waals surface area contributed by atoms with E-state index in [0.717, 1.165) is 0 Å². The van der Waals surface area contributed by atoms with E-state index in [1.165, 1.54) is 0 Å². The Labute approximate surface area is 152 Å². The Balaban J connectivity index is 2.20. The van der Waals surface area contributed by atoms with Crippen molar-refractivity contribution in [2.24, 2.45) is 11.1 Å². The van der Waals surface area contributed by atoms with Crippen LogP contribution in [0.5, 0.6) is 0 Å². The summed E-state index contributed by atoms with van der Waals surface area (Å²) in [6.07, 6.45) is -1.01. The third kappa shape index (κ3) is 4.25. The van der Waals surface area contributed by atoms with Gasteiger partial charge in [0.25, 0.3) is 0 Å². The molecule has 1 amide bonds. The highest BCUT2D eigenvalue weighted by atomic mass is 16.6. The summed E-state index contributed by atoms with van der Waals surface area (Å²) in [5.74, 6) is -1.64. The van der Waals surface area contributed by atoms with Crippen molar-refractivity contribution in [1.82, 2.24) is 5.32 Å². The molecule has 1 aliphatic carbocycles. The number of alkyl carbamates (subject to hydrolysis) is 1. The average Bonchev–Trinajstić information content (AvgIpc) is 3.03. The fourth-order valence-electron chi connectivity index (χ4n) is 3.13. The molecule has 0 saturated heterocycles. The third-order valence-corrected chi connectivity index (χ3v) is 4.10. The molecule has 1 aliphatic heterocycles. The van der Waals surface area contributed by atoms with Gasteiger partial charge in [0.2, 0.25) is 0 Å². The summed E-state index contributed by atoms with van der Waals surface area (Å²) in [7, 11) is 0. The lowest BCUT2D eigenvalue weighted by molar-refractivity contribution is -0.151. The van der Waals surface area contributed by atoms with Crippen LogP contribution in [-0.4, -0.2) is 54.2 Å². The predicted molar refractivity (Wildman–Crippen MR) is 90.4 cm³/mol. The van der Waals surface area contributed by atoms with E-state index in [4.69, 9.17) is 19.0 Å². The number of nitrogens with zero attached hydrogens (tertiary/aromatic N) is 1. The van der Waals surface area contributed by atoms with Gasteiger partial charge in [0.05, 0.1) is 19.1 Å². The molecule has 3 atom stereocenters. The number of ether oxygens (including phenoxy) is 3. The highest BCUT2D eigenvalue weighted by Crippen LogP contribution is 2.42. The normalized spacial score (nSPS) is 27.0. The van der Waals surface area contributed by atoms with Gasteiger partial charge in [-0.15, -0.1) is 0 Å². The number of amides is 1. The first-order valence-electron chi connectivity index (χ1n) is 8.71. The van der Waals surface area contributed by atoms with E-state index in [2.05, 4.69) is 10.5 Å². The summed E-state index contributed by atoms with van der Waals surface area (Å²) >= 11 is 0. The van der Waals surface area contributed by atoms with Crippen LogP contribution in [0.15, 0.2) is 5.16 Å². The number of carbonyl (C=O) groups excluding carboxylic acids is 3. The standard InChI is InChI=1S/C17H26N2O7/c1-6-23-13(20)12-10-8-17(14(21)24-7-2,9-11(10)26-19-12)18-15(22)25-16(3,4)5/h10-11H,6-9H2,1-5H3,(H,18,22)/t10-,11+,17+/m1/s1. The second-order valence-electron chi connectivity index (χ2n) is 7.29. The smallest absolute Gasteiger partial charge is 0.408 e. The molecule has 0 unspecified atom stereocenters. The minimum atomic E-state index is -1.35. The molecule has 2 rings (SSSR count). The van der Waals surface area contributed by atoms with Gasteiger partial charge in [0.15, 0.2) is 5.71 Å². The lowest BCUT2D eigenvalue weighted by Gasteiger charge is -2.30. The Morgan fingerprint density at radius 1 is 1.19 bits per heavy atom. The molecule has 0 bridgehead atoms. The lowest BCUT2D eigenvalue weighted by atomic mass is 9.94. The van der Waals surface area contributed by atoms with Crippen LogP contribution in [0.3, 0.4) is 0 Å². The van der Waals surface area contributed by atoms with Gasteiger partial charge in [-0.1, -0.05) is 5.16 Å². The van der Waals surface area contributed by atoms with Gasteiger partial charge in [-0.05, 0) is 41.0 Å². The highest BCUT2D eigenvalue weighted by molar-refractivity contribution is 6.37. The van der Waals surface area contributed by atoms with Crippen LogP contribution in [0.1, 0.15) is 47.5 Å². The topological polar surface area (TPSA) is 113 Å². The molecule has 2 aliphatic rings. The fourth-order valence-corrected chi connectivity index (χ4v) is 3.13. The average molecular weight is 370 g/mol. The minimum absolute atomic E-state index is 0.118. The minimum Gasteiger partial charge on any atom is -0.464 e. The van der Waals surface area contributed by atoms with Gasteiger partial charge in [-0.25, -0.2) is 14.4 Å². The van der Waals surface area contributed by atoms with Gasteiger partial charge in [-0.3, -0.25) is 0 Å². The summed E-state index contributed by atoms with van der Waals surface area (Å²) in [6, 6.07) is 0. The number of rotatable bonds is 5. The largest absolute Gasteiger partial charge is 0.464 e. The molecule has 1 heterocycles. The first kappa shape index (κ1) is 20.0. The summed E-state index contributed by atoms with van der Waals surface area (Å²) in [4.78, 5) is 42.2. The third-order valence-electron chi connectivity index (χ3n) is 4.10. The molecule has 0 spiro atoms. The second-order valence-corrected chi connectivity index (χ2v) is 7.29. The Hall–Kier alpha value is -2.32. The quantitative estimate of drug-likeness (QED) is 0.577. The van der Waals surface area contributed by atoms with Crippen LogP contribution in [0.25, 0.3) is 0 Å². The van der Waals surface area contributed by atoms with Crippen molar-refractivity contribution in [3.8, 4) is 0 Å². The summed E-state index contributed by atoms with van der Waals surface area (Å²) in [6.45, 7) is 8.90. The molecular formula is C17H26N2O7. The fraction of sp³-hybridized carbons (Fsp3) is 0.765. The van der Waals surface area contributed by atoms with E-state index in [1.807, 2.05) is 0 Å². The van der Waals surface area contributed by atoms with Gasteiger partial charge < -0.3 is 24.4 Å². The van der Waals surface area contributed by atoms with Crippen LogP contribution >= 0.6 is 0 Å². The number of fused-ring (bicyclic) bond motifs is 1. The SMILES string of the molecule is CCOC(=O)C1=NO[C@H]2C[C@](NC(=O)OC(C)(C)C)(C(=O)OCC)C[C@@H]12. The molecule has 0 aromatic heterocycles. The lowest BCUT2D eigenvalue weighted by Crippen LogP contribution is -2.55. The van der Waals surface area contributed by atoms with Gasteiger partial charge in [0, 0.05) is 6.42 Å². The maximum atomic E-state index is 12.6. The van der Waals surface area contributed by atoms with Gasteiger partial charge >= 0.3 is 18.0 Å². The molecule has 26 heavy (non-hydrogen) atoms. The first-order chi connectivity index (χ1) is 12.1. The number of esters is 2. The van der Waals surface area contributed by atoms with E-state index in [9.17, 15) is 14.4 Å². The van der Waals surface area contributed by atoms with Crippen LogP contribution in [0.4, 0.5) is 4.79 Å². The Kier molecular flexibility index (Phi) is 5.77. The number of hydrogen-bond acceptors (Lipinski definition) is 8. The maximum Gasteiger partial charge on any atom is 0.408 e. The van der Waals surface area contributed by atoms with Gasteiger partial charge in [0.1, 0.15) is 17.2 Å². The number of carbonyl (C=O) groups is 3. The van der Waals surface area contributed by atoms with Crippen molar-refractivity contribution in [3.63, 3.8) is 0 Å². The van der Waals surface area contributed by atoms with Crippen molar-refractivity contribution < 1.29 is 33.4 Å². The molecule has 0 aromatic carbocycles. The zero-order chi connectivity index (χ0) is 19.5. The zero-order valence-corrected chi connectivity index (χ0v) is 15.8. The van der Waals surface area contributed by atoms with E-state index in [-0.39, 0.29) is 31.8 Å². The van der Waals surface area contributed by atoms with Crippen molar-refractivity contribution in [3.05, 3.63) is 0 Å². The van der Waals surface area contributed by atoms with Crippen molar-refractivity contribution in [2.75, 3.05) is 13.2 Å². The van der Waals surface area contributed by atoms with Gasteiger partial charge in [-0.2, -0.15) is 0 Å². The molecule has 9 heteroatoms. The summed E-state index contributed by atoms with van der Waals surface area (Å²) < 4.78 is 15.4. The van der Waals surface area contributed by atoms with Crippen molar-refractivity contribution in [1.29, 1.82) is 0 Å². The zero-order valence-electron chi connectivity index (χ0n) is 15.8. The predicted octanol–water partition coefficient (Wildman–Crippen LogP) is 1.54. The number of nitrogens with one attached hydrogen (secondary N) is 1. The van der Waals surface area contributed by atoms with E-state index in [0.29, 0.717) is 0 Å². The molecule has 1 N–H and O–H groups in total. The Bertz CT molecular complexity index is 611. The Morgan fingerprint density at radius 2 is 1.85 bits per heavy atom. The van der Waals surface area contributed by atoms with E-state index >= 15 is 0 Å². The molecule has 1 fully saturated rings. The van der Waals surface area contributed by atoms with Crippen LogP contribution in [0, 0.1) is 5.92 Å².